The number of carbonyl (C=O) groups excluding carboxylic acids is 4. The number of amides is 4. The quantitative estimate of drug-likeness (QED) is 0.321. The molecule has 0 aromatic heterocycles. The van der Waals surface area contributed by atoms with Gasteiger partial charge in [0.1, 0.15) is 0 Å². The number of allylic oxidation sites excluding steroid dienone is 2. The third-order valence-electron chi connectivity index (χ3n) is 4.99. The maximum Gasteiger partial charge on any atom is 0.244 e. The van der Waals surface area contributed by atoms with Gasteiger partial charge in [-0.3, -0.25) is 29.8 Å². The number of imide groups is 2. The fraction of sp³-hybridized carbons (Fsp3) is 0.500. The summed E-state index contributed by atoms with van der Waals surface area (Å²) in [5.74, 6) is -3.18. The first-order valence-corrected chi connectivity index (χ1v) is 5.96. The molecule has 92 valence electrons. The van der Waals surface area contributed by atoms with Crippen molar-refractivity contribution in [2.24, 2.45) is 22.7 Å². The zero-order valence-corrected chi connectivity index (χ0v) is 9.36. The van der Waals surface area contributed by atoms with Crippen LogP contribution in [0.4, 0.5) is 0 Å². The van der Waals surface area contributed by atoms with Crippen molar-refractivity contribution in [1.29, 1.82) is 0 Å². The van der Waals surface area contributed by atoms with Crippen LogP contribution < -0.4 is 10.6 Å². The van der Waals surface area contributed by atoms with Gasteiger partial charge >= 0.3 is 0 Å². The van der Waals surface area contributed by atoms with Crippen molar-refractivity contribution in [2.45, 2.75) is 12.8 Å². The molecule has 18 heavy (non-hydrogen) atoms. The average Bonchev–Trinajstić information content (AvgIpc) is 2.77. The van der Waals surface area contributed by atoms with Crippen molar-refractivity contribution in [3.63, 3.8) is 0 Å². The molecule has 3 fully saturated rings. The summed E-state index contributed by atoms with van der Waals surface area (Å²) in [6, 6.07) is 0. The van der Waals surface area contributed by atoms with Gasteiger partial charge in [0.2, 0.25) is 23.6 Å². The monoisotopic (exact) mass is 246 g/mol. The molecule has 2 saturated heterocycles. The van der Waals surface area contributed by atoms with E-state index < -0.39 is 34.5 Å². The summed E-state index contributed by atoms with van der Waals surface area (Å²) in [5.41, 5.74) is -3.06. The van der Waals surface area contributed by atoms with Gasteiger partial charge in [0.25, 0.3) is 0 Å². The van der Waals surface area contributed by atoms with Crippen LogP contribution in [0.15, 0.2) is 12.2 Å². The van der Waals surface area contributed by atoms with E-state index in [-0.39, 0.29) is 11.8 Å². The molecule has 2 N–H and O–H groups in total. The molecular weight excluding hydrogens is 236 g/mol. The lowest BCUT2D eigenvalue weighted by atomic mass is 9.47. The Morgan fingerprint density at radius 1 is 0.778 bits per heavy atom. The van der Waals surface area contributed by atoms with Crippen LogP contribution in [0, 0.1) is 22.7 Å². The molecule has 2 bridgehead atoms. The van der Waals surface area contributed by atoms with Crippen molar-refractivity contribution in [1.82, 2.24) is 10.6 Å². The van der Waals surface area contributed by atoms with Gasteiger partial charge in [0.05, 0.1) is 0 Å². The zero-order valence-electron chi connectivity index (χ0n) is 9.36. The minimum Gasteiger partial charge on any atom is -0.294 e. The third-order valence-corrected chi connectivity index (χ3v) is 4.99. The van der Waals surface area contributed by atoms with Crippen LogP contribution in [0.25, 0.3) is 0 Å². The topological polar surface area (TPSA) is 92.3 Å². The van der Waals surface area contributed by atoms with Crippen molar-refractivity contribution in [3.8, 4) is 0 Å². The number of fused-ring (bicyclic) bond motifs is 1. The summed E-state index contributed by atoms with van der Waals surface area (Å²) in [7, 11) is 0. The van der Waals surface area contributed by atoms with Crippen LogP contribution >= 0.6 is 0 Å². The number of carbonyl (C=O) groups is 4. The Bertz CT molecular complexity index is 499. The lowest BCUT2D eigenvalue weighted by Crippen LogP contribution is -2.60. The molecule has 6 heteroatoms. The van der Waals surface area contributed by atoms with E-state index in [4.69, 9.17) is 0 Å². The van der Waals surface area contributed by atoms with Crippen molar-refractivity contribution in [3.05, 3.63) is 12.2 Å². The van der Waals surface area contributed by atoms with Crippen LogP contribution in [0.1, 0.15) is 12.8 Å². The van der Waals surface area contributed by atoms with Crippen molar-refractivity contribution in [2.75, 3.05) is 0 Å². The van der Waals surface area contributed by atoms with Crippen molar-refractivity contribution >= 4 is 23.6 Å². The minimum absolute atomic E-state index is 0.361. The van der Waals surface area contributed by atoms with E-state index in [9.17, 15) is 19.2 Å². The Hall–Kier alpha value is -1.98. The van der Waals surface area contributed by atoms with Crippen molar-refractivity contribution < 1.29 is 19.2 Å². The number of hydrogen-bond donors (Lipinski definition) is 2. The molecular formula is C12H10N2O4. The number of rotatable bonds is 0. The van der Waals surface area contributed by atoms with Gasteiger partial charge in [0, 0.05) is 11.8 Å². The van der Waals surface area contributed by atoms with Gasteiger partial charge in [-0.15, -0.1) is 0 Å². The van der Waals surface area contributed by atoms with Crippen LogP contribution in [0.3, 0.4) is 0 Å². The molecule has 5 rings (SSSR count). The summed E-state index contributed by atoms with van der Waals surface area (Å²) >= 11 is 0. The van der Waals surface area contributed by atoms with Crippen LogP contribution in [-0.2, 0) is 19.2 Å². The van der Waals surface area contributed by atoms with E-state index in [1.54, 1.807) is 0 Å². The highest BCUT2D eigenvalue weighted by molar-refractivity contribution is 6.35. The Labute approximate surface area is 102 Å². The second kappa shape index (κ2) is 2.55. The maximum absolute atomic E-state index is 12.2. The van der Waals surface area contributed by atoms with Crippen LogP contribution in [-0.4, -0.2) is 23.6 Å². The molecule has 2 heterocycles. The van der Waals surface area contributed by atoms with E-state index in [0.29, 0.717) is 12.8 Å². The Balaban J connectivity index is 2.14. The predicted octanol–water partition coefficient (Wildman–Crippen LogP) is -1.13. The SMILES string of the molecule is O=C1NC(=O)C23C(=O)NC(=O)C12C1C=CC3CC1. The van der Waals surface area contributed by atoms with E-state index in [1.165, 1.54) is 0 Å². The fourth-order valence-corrected chi connectivity index (χ4v) is 4.32. The lowest BCUT2D eigenvalue weighted by molar-refractivity contribution is -0.159. The first-order valence-electron chi connectivity index (χ1n) is 5.96. The highest BCUT2D eigenvalue weighted by Crippen LogP contribution is 2.65. The molecule has 0 radical (unpaired) electrons. The highest BCUT2D eigenvalue weighted by atomic mass is 16.2. The highest BCUT2D eigenvalue weighted by Gasteiger charge is 2.84. The first-order chi connectivity index (χ1) is 8.56. The van der Waals surface area contributed by atoms with E-state index >= 15 is 0 Å². The Morgan fingerprint density at radius 3 is 1.39 bits per heavy atom. The molecule has 1 saturated carbocycles. The molecule has 4 amide bonds. The third kappa shape index (κ3) is 0.638. The normalized spacial score (nSPS) is 48.0. The molecule has 2 aliphatic heterocycles. The van der Waals surface area contributed by atoms with Gasteiger partial charge in [-0.2, -0.15) is 0 Å². The summed E-state index contributed by atoms with van der Waals surface area (Å²) in [6.45, 7) is 0. The molecule has 6 nitrogen and oxygen atoms in total. The first kappa shape index (κ1) is 9.99. The lowest BCUT2D eigenvalue weighted by Gasteiger charge is -2.48. The molecule has 0 aromatic carbocycles. The average molecular weight is 246 g/mol. The molecule has 2 atom stereocenters. The minimum atomic E-state index is -1.53. The van der Waals surface area contributed by atoms with E-state index in [1.807, 2.05) is 12.2 Å². The molecule has 0 aromatic rings. The fourth-order valence-electron chi connectivity index (χ4n) is 4.32. The predicted molar refractivity (Wildman–Crippen MR) is 56.5 cm³/mol. The second-order valence-electron chi connectivity index (χ2n) is 5.36. The number of hydrogen-bond acceptors (Lipinski definition) is 4. The summed E-state index contributed by atoms with van der Waals surface area (Å²) in [4.78, 5) is 48.7. The molecule has 0 spiro atoms. The molecule has 2 unspecified atom stereocenters. The van der Waals surface area contributed by atoms with Gasteiger partial charge in [-0.1, -0.05) is 12.2 Å². The van der Waals surface area contributed by atoms with E-state index in [2.05, 4.69) is 10.6 Å². The number of nitrogens with one attached hydrogen (secondary N) is 2. The van der Waals surface area contributed by atoms with Gasteiger partial charge < -0.3 is 0 Å². The van der Waals surface area contributed by atoms with Crippen LogP contribution in [0.2, 0.25) is 0 Å². The van der Waals surface area contributed by atoms with Gasteiger partial charge in [-0.05, 0) is 12.8 Å². The Morgan fingerprint density at radius 2 is 1.11 bits per heavy atom. The summed E-state index contributed by atoms with van der Waals surface area (Å²) in [5, 5.41) is 4.41. The van der Waals surface area contributed by atoms with Crippen LogP contribution in [0.5, 0.6) is 0 Å². The van der Waals surface area contributed by atoms with Gasteiger partial charge in [0.15, 0.2) is 10.8 Å². The maximum atomic E-state index is 12.2. The standard InChI is InChI=1S/C12H10N2O4/c15-7-11-5-1-2-6(4-3-5)12(11,9(17)13-7)10(18)14-8(11)16/h1-2,5-6H,3-4H2,(H,13,15,17)(H,14,16,18). The van der Waals surface area contributed by atoms with E-state index in [0.717, 1.165) is 0 Å². The molecule has 5 aliphatic rings. The summed E-state index contributed by atoms with van der Waals surface area (Å²) in [6.07, 6.45) is 4.93. The largest absolute Gasteiger partial charge is 0.294 e. The Kier molecular flexibility index (Phi) is 1.42. The smallest absolute Gasteiger partial charge is 0.244 e. The molecule has 3 aliphatic carbocycles. The second-order valence-corrected chi connectivity index (χ2v) is 5.36. The van der Waals surface area contributed by atoms with Gasteiger partial charge in [-0.25, -0.2) is 0 Å². The zero-order chi connectivity index (χ0) is 12.7. The summed E-state index contributed by atoms with van der Waals surface area (Å²) < 4.78 is 0.